The molecule has 0 unspecified atom stereocenters. The van der Waals surface area contributed by atoms with Crippen molar-refractivity contribution in [3.63, 3.8) is 0 Å². The molecular weight excluding hydrogens is 496 g/mol. The summed E-state index contributed by atoms with van der Waals surface area (Å²) in [7, 11) is 0. The van der Waals surface area contributed by atoms with Gasteiger partial charge in [0.1, 0.15) is 11.8 Å². The molecule has 1 aliphatic heterocycles. The van der Waals surface area contributed by atoms with Crippen molar-refractivity contribution in [3.8, 4) is 23.1 Å². The standard InChI is InChI=1S/C27H32N10O2/c1-16(2)32-20-9-24(37-25-18(12-31-37)8-17(10-28)11-30-25)29-13-19(20)21-14-36(34-33-21)22-6-7-35(15-23(22)38)26(39)27(3,4)5/h8-9,11-14,16,22-23,38H,6-7,15H2,1-5H3,(H,29,32)/t22-,23-/m1/s1. The largest absolute Gasteiger partial charge is 0.389 e. The van der Waals surface area contributed by atoms with Gasteiger partial charge in [-0.25, -0.2) is 14.6 Å². The molecule has 0 aromatic carbocycles. The average molecular weight is 529 g/mol. The summed E-state index contributed by atoms with van der Waals surface area (Å²) in [4.78, 5) is 23.4. The van der Waals surface area contributed by atoms with Crippen LogP contribution in [0.25, 0.3) is 28.1 Å². The lowest BCUT2D eigenvalue weighted by Crippen LogP contribution is -2.50. The molecular formula is C27H32N10O2. The van der Waals surface area contributed by atoms with Crippen LogP contribution in [0.5, 0.6) is 0 Å². The van der Waals surface area contributed by atoms with Crippen molar-refractivity contribution in [2.24, 2.45) is 5.41 Å². The Morgan fingerprint density at radius 2 is 2.00 bits per heavy atom. The normalized spacial score (nSPS) is 17.9. The van der Waals surface area contributed by atoms with E-state index < -0.39 is 11.5 Å². The molecule has 0 radical (unpaired) electrons. The van der Waals surface area contributed by atoms with Crippen LogP contribution in [-0.4, -0.2) is 75.9 Å². The van der Waals surface area contributed by atoms with Crippen molar-refractivity contribution in [2.45, 2.75) is 59.2 Å². The number of anilines is 1. The van der Waals surface area contributed by atoms with E-state index in [1.807, 2.05) is 46.9 Å². The first-order chi connectivity index (χ1) is 18.5. The number of hydrogen-bond donors (Lipinski definition) is 2. The molecule has 1 saturated heterocycles. The van der Waals surface area contributed by atoms with Crippen LogP contribution in [0.2, 0.25) is 0 Å². The van der Waals surface area contributed by atoms with Gasteiger partial charge >= 0.3 is 0 Å². The van der Waals surface area contributed by atoms with Crippen LogP contribution >= 0.6 is 0 Å². The third kappa shape index (κ3) is 5.18. The fourth-order valence-electron chi connectivity index (χ4n) is 4.79. The van der Waals surface area contributed by atoms with E-state index in [0.29, 0.717) is 35.7 Å². The zero-order valence-corrected chi connectivity index (χ0v) is 22.7. The predicted molar refractivity (Wildman–Crippen MR) is 145 cm³/mol. The number of aliphatic hydroxyl groups excluding tert-OH is 1. The molecule has 5 rings (SSSR count). The lowest BCUT2D eigenvalue weighted by atomic mass is 9.92. The van der Waals surface area contributed by atoms with E-state index in [0.717, 1.165) is 16.6 Å². The topological polar surface area (TPSA) is 151 Å². The molecule has 12 nitrogen and oxygen atoms in total. The highest BCUT2D eigenvalue weighted by atomic mass is 16.3. The van der Waals surface area contributed by atoms with Gasteiger partial charge in [0.05, 0.1) is 30.1 Å². The van der Waals surface area contributed by atoms with Crippen molar-refractivity contribution in [1.29, 1.82) is 5.26 Å². The van der Waals surface area contributed by atoms with E-state index in [-0.39, 0.29) is 24.5 Å². The summed E-state index contributed by atoms with van der Waals surface area (Å²) in [5, 5.41) is 37.4. The van der Waals surface area contributed by atoms with Crippen LogP contribution < -0.4 is 5.32 Å². The second-order valence-corrected chi connectivity index (χ2v) is 11.2. The van der Waals surface area contributed by atoms with Gasteiger partial charge < -0.3 is 15.3 Å². The number of nitrogens with one attached hydrogen (secondary N) is 1. The Morgan fingerprint density at radius 1 is 1.21 bits per heavy atom. The van der Waals surface area contributed by atoms with Gasteiger partial charge in [-0.1, -0.05) is 26.0 Å². The van der Waals surface area contributed by atoms with Gasteiger partial charge in [-0.2, -0.15) is 15.0 Å². The number of nitrogens with zero attached hydrogens (tertiary/aromatic N) is 9. The maximum atomic E-state index is 12.7. The number of aliphatic hydroxyl groups is 1. The van der Waals surface area contributed by atoms with E-state index in [1.54, 1.807) is 32.7 Å². The first-order valence-electron chi connectivity index (χ1n) is 13.0. The van der Waals surface area contributed by atoms with Crippen LogP contribution in [0.1, 0.15) is 52.6 Å². The Bertz CT molecular complexity index is 1560. The van der Waals surface area contributed by atoms with Gasteiger partial charge in [-0.3, -0.25) is 4.79 Å². The Morgan fingerprint density at radius 3 is 2.69 bits per heavy atom. The number of piperidine rings is 1. The van der Waals surface area contributed by atoms with Crippen LogP contribution in [0, 0.1) is 16.7 Å². The van der Waals surface area contributed by atoms with Gasteiger partial charge in [0.2, 0.25) is 5.91 Å². The highest BCUT2D eigenvalue weighted by molar-refractivity contribution is 5.82. The Balaban J connectivity index is 1.43. The maximum absolute atomic E-state index is 12.7. The smallest absolute Gasteiger partial charge is 0.228 e. The maximum Gasteiger partial charge on any atom is 0.228 e. The first kappa shape index (κ1) is 26.2. The number of nitriles is 1. The summed E-state index contributed by atoms with van der Waals surface area (Å²) in [6, 6.07) is 5.56. The number of carbonyl (C=O) groups is 1. The summed E-state index contributed by atoms with van der Waals surface area (Å²) in [6.45, 7) is 10.5. The third-order valence-electron chi connectivity index (χ3n) is 6.69. The number of hydrogen-bond acceptors (Lipinski definition) is 9. The lowest BCUT2D eigenvalue weighted by molar-refractivity contribution is -0.143. The van der Waals surface area contributed by atoms with Crippen molar-refractivity contribution in [3.05, 3.63) is 42.5 Å². The zero-order valence-electron chi connectivity index (χ0n) is 22.7. The van der Waals surface area contributed by atoms with Gasteiger partial charge in [-0.05, 0) is 26.3 Å². The number of rotatable bonds is 5. The summed E-state index contributed by atoms with van der Waals surface area (Å²) < 4.78 is 3.31. The molecule has 0 spiro atoms. The first-order valence-corrected chi connectivity index (χ1v) is 13.0. The fraction of sp³-hybridized carbons (Fsp3) is 0.444. The molecule has 0 saturated carbocycles. The second kappa shape index (κ2) is 10.1. The molecule has 1 fully saturated rings. The molecule has 2 atom stereocenters. The van der Waals surface area contributed by atoms with E-state index in [4.69, 9.17) is 5.26 Å². The van der Waals surface area contributed by atoms with E-state index in [9.17, 15) is 9.90 Å². The lowest BCUT2D eigenvalue weighted by Gasteiger charge is -2.38. The summed E-state index contributed by atoms with van der Waals surface area (Å²) in [5.41, 5.74) is 2.73. The number of aromatic nitrogens is 7. The molecule has 12 heteroatoms. The summed E-state index contributed by atoms with van der Waals surface area (Å²) in [5.74, 6) is 0.591. The van der Waals surface area contributed by atoms with Crippen molar-refractivity contribution in [1.82, 2.24) is 39.6 Å². The SMILES string of the molecule is CC(C)Nc1cc(-n2ncc3cc(C#N)cnc32)ncc1-c1cn([C@@H]2CCN(C(=O)C(C)(C)C)C[C@H]2O)nn1. The van der Waals surface area contributed by atoms with Crippen molar-refractivity contribution in [2.75, 3.05) is 18.4 Å². The van der Waals surface area contributed by atoms with Gasteiger partial charge in [0, 0.05) is 59.6 Å². The molecule has 1 amide bonds. The fourth-order valence-corrected chi connectivity index (χ4v) is 4.79. The van der Waals surface area contributed by atoms with Crippen molar-refractivity contribution >= 4 is 22.6 Å². The molecule has 4 aromatic heterocycles. The molecule has 1 aliphatic rings. The number of amides is 1. The van der Waals surface area contributed by atoms with E-state index in [2.05, 4.69) is 36.8 Å². The van der Waals surface area contributed by atoms with Crippen molar-refractivity contribution < 1.29 is 9.90 Å². The minimum atomic E-state index is -0.754. The number of fused-ring (bicyclic) bond motifs is 1. The zero-order chi connectivity index (χ0) is 27.9. The number of pyridine rings is 2. The second-order valence-electron chi connectivity index (χ2n) is 11.2. The Labute approximate surface area is 226 Å². The molecule has 0 aliphatic carbocycles. The predicted octanol–water partition coefficient (Wildman–Crippen LogP) is 2.95. The Kier molecular flexibility index (Phi) is 6.78. The van der Waals surface area contributed by atoms with E-state index in [1.165, 1.54) is 6.20 Å². The number of likely N-dealkylation sites (tertiary alicyclic amines) is 1. The quantitative estimate of drug-likeness (QED) is 0.398. The highest BCUT2D eigenvalue weighted by Gasteiger charge is 2.36. The number of carbonyl (C=O) groups excluding carboxylic acids is 1. The molecule has 4 aromatic rings. The molecule has 202 valence electrons. The average Bonchev–Trinajstić information content (AvgIpc) is 3.54. The van der Waals surface area contributed by atoms with Gasteiger partial charge in [-0.15, -0.1) is 5.10 Å². The van der Waals surface area contributed by atoms with Crippen LogP contribution in [0.3, 0.4) is 0 Å². The van der Waals surface area contributed by atoms with Crippen LogP contribution in [-0.2, 0) is 4.79 Å². The van der Waals surface area contributed by atoms with Gasteiger partial charge in [0.15, 0.2) is 11.5 Å². The monoisotopic (exact) mass is 528 g/mol. The molecule has 0 bridgehead atoms. The number of β-amino-alcohol motifs (C(OH)–C–C–N with tert-alkyl or cyclic N) is 1. The summed E-state index contributed by atoms with van der Waals surface area (Å²) in [6.07, 6.45) is 6.52. The summed E-state index contributed by atoms with van der Waals surface area (Å²) >= 11 is 0. The van der Waals surface area contributed by atoms with Gasteiger partial charge in [0.25, 0.3) is 0 Å². The molecule has 5 heterocycles. The van der Waals surface area contributed by atoms with E-state index >= 15 is 0 Å². The molecule has 39 heavy (non-hydrogen) atoms. The van der Waals surface area contributed by atoms with Crippen LogP contribution in [0.15, 0.2) is 36.9 Å². The minimum absolute atomic E-state index is 0.0282. The Hall–Kier alpha value is -4.37. The highest BCUT2D eigenvalue weighted by Crippen LogP contribution is 2.31. The molecule has 2 N–H and O–H groups in total. The van der Waals surface area contributed by atoms with Crippen LogP contribution in [0.4, 0.5) is 5.69 Å². The third-order valence-corrected chi connectivity index (χ3v) is 6.69. The minimum Gasteiger partial charge on any atom is -0.389 e.